The largest absolute Gasteiger partial charge is 0.339 e. The number of hydrogen-bond donors (Lipinski definition) is 0. The molecule has 1 saturated carbocycles. The van der Waals surface area contributed by atoms with Crippen LogP contribution in [0, 0.1) is 5.92 Å². The van der Waals surface area contributed by atoms with Crippen LogP contribution in [0.1, 0.15) is 23.6 Å². The van der Waals surface area contributed by atoms with Gasteiger partial charge in [-0.15, -0.1) is 0 Å². The summed E-state index contributed by atoms with van der Waals surface area (Å²) < 4.78 is 0. The average Bonchev–Trinajstić information content (AvgIpc) is 3.50. The van der Waals surface area contributed by atoms with Gasteiger partial charge in [0.2, 0.25) is 11.8 Å². The van der Waals surface area contributed by atoms with Crippen LogP contribution in [0.2, 0.25) is 0 Å². The van der Waals surface area contributed by atoms with Crippen molar-refractivity contribution in [1.29, 1.82) is 0 Å². The first-order valence-electron chi connectivity index (χ1n) is 9.24. The third-order valence-corrected chi connectivity index (χ3v) is 5.34. The van der Waals surface area contributed by atoms with Crippen LogP contribution in [-0.4, -0.2) is 52.8 Å². The van der Waals surface area contributed by atoms with Crippen LogP contribution in [0.15, 0.2) is 54.7 Å². The average molecular weight is 349 g/mol. The fraction of sp³-hybridized carbons (Fsp3) is 0.381. The molecule has 2 amide bonds. The molecule has 2 aliphatic rings. The molecule has 0 spiro atoms. The Kier molecular flexibility index (Phi) is 4.69. The number of pyridine rings is 1. The maximum absolute atomic E-state index is 12.7. The number of piperazine rings is 1. The summed E-state index contributed by atoms with van der Waals surface area (Å²) in [6, 6.07) is 15.9. The van der Waals surface area contributed by atoms with Crippen molar-refractivity contribution in [2.24, 2.45) is 5.92 Å². The van der Waals surface area contributed by atoms with Gasteiger partial charge in [-0.25, -0.2) is 0 Å². The van der Waals surface area contributed by atoms with Crippen LogP contribution in [0.3, 0.4) is 0 Å². The molecule has 1 saturated heterocycles. The minimum Gasteiger partial charge on any atom is -0.339 e. The van der Waals surface area contributed by atoms with Crippen molar-refractivity contribution in [3.8, 4) is 0 Å². The molecule has 2 aromatic rings. The van der Waals surface area contributed by atoms with Gasteiger partial charge in [-0.2, -0.15) is 0 Å². The number of rotatable bonds is 4. The van der Waals surface area contributed by atoms with E-state index < -0.39 is 0 Å². The first kappa shape index (κ1) is 16.8. The molecule has 1 aromatic carbocycles. The zero-order valence-electron chi connectivity index (χ0n) is 14.8. The third-order valence-electron chi connectivity index (χ3n) is 5.34. The van der Waals surface area contributed by atoms with Gasteiger partial charge < -0.3 is 9.80 Å². The summed E-state index contributed by atoms with van der Waals surface area (Å²) in [5, 5.41) is 0. The second-order valence-electron chi connectivity index (χ2n) is 7.06. The monoisotopic (exact) mass is 349 g/mol. The summed E-state index contributed by atoms with van der Waals surface area (Å²) in [4.78, 5) is 33.1. The number of nitrogens with zero attached hydrogens (tertiary/aromatic N) is 3. The number of carbonyl (C=O) groups is 2. The zero-order chi connectivity index (χ0) is 17.9. The predicted octanol–water partition coefficient (Wildman–Crippen LogP) is 2.10. The second-order valence-corrected chi connectivity index (χ2v) is 7.06. The number of aromatic nitrogens is 1. The highest BCUT2D eigenvalue weighted by Gasteiger charge is 2.46. The van der Waals surface area contributed by atoms with Gasteiger partial charge in [0.25, 0.3) is 0 Å². The fourth-order valence-corrected chi connectivity index (χ4v) is 3.72. The van der Waals surface area contributed by atoms with Crippen molar-refractivity contribution in [2.45, 2.75) is 18.8 Å². The van der Waals surface area contributed by atoms with Gasteiger partial charge in [0.15, 0.2) is 0 Å². The molecule has 0 unspecified atom stereocenters. The second kappa shape index (κ2) is 7.28. The quantitative estimate of drug-likeness (QED) is 0.849. The smallest absolute Gasteiger partial charge is 0.228 e. The zero-order valence-corrected chi connectivity index (χ0v) is 14.8. The Hall–Kier alpha value is -2.69. The molecule has 2 fully saturated rings. The maximum Gasteiger partial charge on any atom is 0.228 e. The Balaban J connectivity index is 1.27. The maximum atomic E-state index is 12.7. The molecule has 0 N–H and O–H groups in total. The van der Waals surface area contributed by atoms with Crippen LogP contribution in [0.4, 0.5) is 0 Å². The van der Waals surface area contributed by atoms with Crippen molar-refractivity contribution in [3.05, 3.63) is 66.0 Å². The van der Waals surface area contributed by atoms with E-state index >= 15 is 0 Å². The highest BCUT2D eigenvalue weighted by molar-refractivity contribution is 5.84. The van der Waals surface area contributed by atoms with Gasteiger partial charge >= 0.3 is 0 Å². The summed E-state index contributed by atoms with van der Waals surface area (Å²) in [6.45, 7) is 2.48. The summed E-state index contributed by atoms with van der Waals surface area (Å²) >= 11 is 0. The number of carbonyl (C=O) groups excluding carboxylic acids is 2. The van der Waals surface area contributed by atoms with E-state index in [-0.39, 0.29) is 17.7 Å². The van der Waals surface area contributed by atoms with Gasteiger partial charge in [0.1, 0.15) is 0 Å². The first-order valence-corrected chi connectivity index (χ1v) is 9.24. The standard InChI is InChI=1S/C21H23N3O2/c25-20(14-17-8-4-5-9-22-17)23-10-12-24(13-11-23)21(26)19-15-18(19)16-6-2-1-3-7-16/h1-9,18-19H,10-15H2/t18-,19-/m0/s1. The highest BCUT2D eigenvalue weighted by Crippen LogP contribution is 2.48. The molecule has 4 rings (SSSR count). The normalized spacial score (nSPS) is 22.2. The molecule has 0 bridgehead atoms. The Labute approximate surface area is 153 Å². The molecule has 0 radical (unpaired) electrons. The van der Waals surface area contributed by atoms with Crippen molar-refractivity contribution in [3.63, 3.8) is 0 Å². The summed E-state index contributed by atoms with van der Waals surface area (Å²) in [7, 11) is 0. The Morgan fingerprint density at radius 1 is 0.923 bits per heavy atom. The van der Waals surface area contributed by atoms with Gasteiger partial charge in [-0.3, -0.25) is 14.6 Å². The first-order chi connectivity index (χ1) is 12.7. The Bertz CT molecular complexity index is 770. The van der Waals surface area contributed by atoms with Gasteiger partial charge in [0, 0.05) is 44.0 Å². The van der Waals surface area contributed by atoms with E-state index in [1.54, 1.807) is 6.20 Å². The topological polar surface area (TPSA) is 53.5 Å². The molecule has 26 heavy (non-hydrogen) atoms. The molecule has 134 valence electrons. The lowest BCUT2D eigenvalue weighted by Gasteiger charge is -2.35. The molecular formula is C21H23N3O2. The third kappa shape index (κ3) is 3.62. The molecule has 2 heterocycles. The van der Waals surface area contributed by atoms with E-state index in [1.807, 2.05) is 46.2 Å². The van der Waals surface area contributed by atoms with Crippen LogP contribution in [0.25, 0.3) is 0 Å². The van der Waals surface area contributed by atoms with Crippen molar-refractivity contribution in [1.82, 2.24) is 14.8 Å². The number of benzene rings is 1. The number of amides is 2. The lowest BCUT2D eigenvalue weighted by Crippen LogP contribution is -2.51. The van der Waals surface area contributed by atoms with Crippen LogP contribution in [-0.2, 0) is 16.0 Å². The molecule has 1 aliphatic heterocycles. The van der Waals surface area contributed by atoms with E-state index in [0.29, 0.717) is 38.5 Å². The van der Waals surface area contributed by atoms with Crippen molar-refractivity contribution in [2.75, 3.05) is 26.2 Å². The van der Waals surface area contributed by atoms with Gasteiger partial charge in [-0.1, -0.05) is 36.4 Å². The lowest BCUT2D eigenvalue weighted by molar-refractivity contribution is -0.140. The van der Waals surface area contributed by atoms with Crippen LogP contribution < -0.4 is 0 Å². The minimum atomic E-state index is 0.0874. The van der Waals surface area contributed by atoms with E-state index in [9.17, 15) is 9.59 Å². The van der Waals surface area contributed by atoms with Gasteiger partial charge in [0.05, 0.1) is 6.42 Å². The van der Waals surface area contributed by atoms with E-state index in [0.717, 1.165) is 12.1 Å². The lowest BCUT2D eigenvalue weighted by atomic mass is 10.1. The van der Waals surface area contributed by atoms with Crippen LogP contribution >= 0.6 is 0 Å². The summed E-state index contributed by atoms with van der Waals surface area (Å²) in [6.07, 6.45) is 2.98. The Morgan fingerprint density at radius 3 is 2.31 bits per heavy atom. The molecular weight excluding hydrogens is 326 g/mol. The SMILES string of the molecule is O=C(Cc1ccccn1)N1CCN(C(=O)[C@H]2C[C@H]2c2ccccc2)CC1. The van der Waals surface area contributed by atoms with Crippen LogP contribution in [0.5, 0.6) is 0 Å². The number of hydrogen-bond acceptors (Lipinski definition) is 3. The molecule has 1 aliphatic carbocycles. The molecule has 2 atom stereocenters. The highest BCUT2D eigenvalue weighted by atomic mass is 16.2. The summed E-state index contributed by atoms with van der Waals surface area (Å²) in [5.74, 6) is 0.820. The minimum absolute atomic E-state index is 0.0874. The fourth-order valence-electron chi connectivity index (χ4n) is 3.72. The van der Waals surface area contributed by atoms with Crippen molar-refractivity contribution < 1.29 is 9.59 Å². The Morgan fingerprint density at radius 2 is 1.62 bits per heavy atom. The van der Waals surface area contributed by atoms with E-state index in [2.05, 4.69) is 17.1 Å². The predicted molar refractivity (Wildman–Crippen MR) is 98.4 cm³/mol. The molecule has 1 aromatic heterocycles. The molecule has 5 nitrogen and oxygen atoms in total. The van der Waals surface area contributed by atoms with Gasteiger partial charge in [-0.05, 0) is 30.0 Å². The molecule has 5 heteroatoms. The summed E-state index contributed by atoms with van der Waals surface area (Å²) in [5.41, 5.74) is 2.05. The van der Waals surface area contributed by atoms with Crippen molar-refractivity contribution >= 4 is 11.8 Å². The van der Waals surface area contributed by atoms with E-state index in [1.165, 1.54) is 5.56 Å². The van der Waals surface area contributed by atoms with E-state index in [4.69, 9.17) is 0 Å².